The SMILES string of the molecule is COc1ccc(C(=O)Nc2cc(C)cc(F)c2)cc1O. The van der Waals surface area contributed by atoms with Crippen LogP contribution in [0.25, 0.3) is 0 Å². The summed E-state index contributed by atoms with van der Waals surface area (Å²) in [6, 6.07) is 8.55. The van der Waals surface area contributed by atoms with E-state index in [2.05, 4.69) is 5.32 Å². The Morgan fingerprint density at radius 3 is 2.60 bits per heavy atom. The van der Waals surface area contributed by atoms with Crippen molar-refractivity contribution in [3.8, 4) is 11.5 Å². The molecule has 0 spiro atoms. The largest absolute Gasteiger partial charge is 0.504 e. The highest BCUT2D eigenvalue weighted by atomic mass is 19.1. The fourth-order valence-electron chi connectivity index (χ4n) is 1.84. The van der Waals surface area contributed by atoms with Crippen LogP contribution in [0.2, 0.25) is 0 Å². The minimum atomic E-state index is -0.437. The van der Waals surface area contributed by atoms with Crippen molar-refractivity contribution in [3.05, 3.63) is 53.3 Å². The summed E-state index contributed by atoms with van der Waals surface area (Å²) in [5.41, 5.74) is 1.32. The highest BCUT2D eigenvalue weighted by Crippen LogP contribution is 2.26. The van der Waals surface area contributed by atoms with E-state index in [1.807, 2.05) is 0 Å². The molecule has 0 aromatic heterocycles. The zero-order valence-corrected chi connectivity index (χ0v) is 11.1. The Morgan fingerprint density at radius 2 is 2.00 bits per heavy atom. The molecule has 0 saturated carbocycles. The predicted molar refractivity (Wildman–Crippen MR) is 73.7 cm³/mol. The molecule has 0 fully saturated rings. The molecule has 4 nitrogen and oxygen atoms in total. The maximum Gasteiger partial charge on any atom is 0.255 e. The molecule has 0 atom stereocenters. The molecular formula is C15H14FNO3. The van der Waals surface area contributed by atoms with Gasteiger partial charge in [0, 0.05) is 11.3 Å². The van der Waals surface area contributed by atoms with Crippen LogP contribution in [0.3, 0.4) is 0 Å². The molecule has 2 rings (SSSR count). The van der Waals surface area contributed by atoms with E-state index < -0.39 is 11.7 Å². The van der Waals surface area contributed by atoms with Gasteiger partial charge >= 0.3 is 0 Å². The lowest BCUT2D eigenvalue weighted by Gasteiger charge is -2.08. The number of ether oxygens (including phenoxy) is 1. The maximum absolute atomic E-state index is 13.2. The van der Waals surface area contributed by atoms with Gasteiger partial charge in [0.2, 0.25) is 0 Å². The number of amides is 1. The van der Waals surface area contributed by atoms with Crippen molar-refractivity contribution >= 4 is 11.6 Å². The van der Waals surface area contributed by atoms with E-state index in [-0.39, 0.29) is 17.1 Å². The summed E-state index contributed by atoms with van der Waals surface area (Å²) in [5.74, 6) is -0.704. The summed E-state index contributed by atoms with van der Waals surface area (Å²) in [6.07, 6.45) is 0. The van der Waals surface area contributed by atoms with Crippen LogP contribution in [0.15, 0.2) is 36.4 Å². The van der Waals surface area contributed by atoms with Crippen molar-refractivity contribution in [1.29, 1.82) is 0 Å². The first kappa shape index (κ1) is 13.9. The maximum atomic E-state index is 13.2. The van der Waals surface area contributed by atoms with Gasteiger partial charge in [0.25, 0.3) is 5.91 Å². The van der Waals surface area contributed by atoms with E-state index in [0.29, 0.717) is 11.3 Å². The molecule has 0 aliphatic rings. The summed E-state index contributed by atoms with van der Waals surface area (Å²) in [6.45, 7) is 1.73. The monoisotopic (exact) mass is 275 g/mol. The minimum absolute atomic E-state index is 0.129. The Hall–Kier alpha value is -2.56. The lowest BCUT2D eigenvalue weighted by atomic mass is 10.1. The average molecular weight is 275 g/mol. The first-order valence-electron chi connectivity index (χ1n) is 5.95. The molecule has 0 saturated heterocycles. The number of carbonyl (C=O) groups excluding carboxylic acids is 1. The second-order valence-electron chi connectivity index (χ2n) is 4.36. The van der Waals surface area contributed by atoms with E-state index in [1.165, 1.54) is 37.4 Å². The number of halogens is 1. The van der Waals surface area contributed by atoms with Crippen LogP contribution in [-0.2, 0) is 0 Å². The molecule has 2 aromatic rings. The van der Waals surface area contributed by atoms with Crippen LogP contribution in [0, 0.1) is 12.7 Å². The van der Waals surface area contributed by atoms with Gasteiger partial charge in [-0.2, -0.15) is 0 Å². The summed E-state index contributed by atoms with van der Waals surface area (Å²) < 4.78 is 18.1. The first-order chi connectivity index (χ1) is 9.49. The normalized spacial score (nSPS) is 10.2. The van der Waals surface area contributed by atoms with E-state index >= 15 is 0 Å². The fraction of sp³-hybridized carbons (Fsp3) is 0.133. The fourth-order valence-corrected chi connectivity index (χ4v) is 1.84. The number of phenolic OH excluding ortho intramolecular Hbond substituents is 1. The molecule has 1 amide bonds. The van der Waals surface area contributed by atoms with Crippen LogP contribution in [-0.4, -0.2) is 18.1 Å². The van der Waals surface area contributed by atoms with Crippen molar-refractivity contribution in [1.82, 2.24) is 0 Å². The number of hydrogen-bond donors (Lipinski definition) is 2. The molecule has 2 aromatic carbocycles. The third kappa shape index (κ3) is 3.06. The van der Waals surface area contributed by atoms with Crippen molar-refractivity contribution in [2.45, 2.75) is 6.92 Å². The Balaban J connectivity index is 2.21. The topological polar surface area (TPSA) is 58.6 Å². The molecule has 5 heteroatoms. The summed E-state index contributed by atoms with van der Waals surface area (Å²) in [5, 5.41) is 12.2. The second-order valence-corrected chi connectivity index (χ2v) is 4.36. The standard InChI is InChI=1S/C15H14FNO3/c1-9-5-11(16)8-12(6-9)17-15(19)10-3-4-14(20-2)13(18)7-10/h3-8,18H,1-2H3,(H,17,19). The Labute approximate surface area is 115 Å². The van der Waals surface area contributed by atoms with Gasteiger partial charge in [-0.05, 0) is 48.9 Å². The number of hydrogen-bond acceptors (Lipinski definition) is 3. The number of aryl methyl sites for hydroxylation is 1. The highest BCUT2D eigenvalue weighted by Gasteiger charge is 2.10. The molecule has 0 unspecified atom stereocenters. The van der Waals surface area contributed by atoms with Crippen molar-refractivity contribution in [2.24, 2.45) is 0 Å². The van der Waals surface area contributed by atoms with Gasteiger partial charge in [0.15, 0.2) is 11.5 Å². The van der Waals surface area contributed by atoms with Crippen LogP contribution >= 0.6 is 0 Å². The summed E-state index contributed by atoms with van der Waals surface area (Å²) in [7, 11) is 1.42. The van der Waals surface area contributed by atoms with Crippen LogP contribution < -0.4 is 10.1 Å². The number of aromatic hydroxyl groups is 1. The van der Waals surface area contributed by atoms with E-state index in [4.69, 9.17) is 4.74 Å². The van der Waals surface area contributed by atoms with Crippen LogP contribution in [0.1, 0.15) is 15.9 Å². The smallest absolute Gasteiger partial charge is 0.255 e. The van der Waals surface area contributed by atoms with E-state index in [9.17, 15) is 14.3 Å². The van der Waals surface area contributed by atoms with Gasteiger partial charge in [0.1, 0.15) is 5.82 Å². The second kappa shape index (κ2) is 5.61. The predicted octanol–water partition coefficient (Wildman–Crippen LogP) is 3.10. The van der Waals surface area contributed by atoms with Gasteiger partial charge in [-0.1, -0.05) is 0 Å². The quantitative estimate of drug-likeness (QED) is 0.905. The molecule has 0 radical (unpaired) electrons. The zero-order chi connectivity index (χ0) is 14.7. The number of anilines is 1. The van der Waals surface area contributed by atoms with Crippen molar-refractivity contribution in [2.75, 3.05) is 12.4 Å². The molecule has 0 aliphatic carbocycles. The van der Waals surface area contributed by atoms with Gasteiger partial charge in [-0.15, -0.1) is 0 Å². The summed E-state index contributed by atoms with van der Waals surface area (Å²) in [4.78, 5) is 12.0. The number of carbonyl (C=O) groups is 1. The number of rotatable bonds is 3. The van der Waals surface area contributed by atoms with Gasteiger partial charge < -0.3 is 15.2 Å². The van der Waals surface area contributed by atoms with E-state index in [1.54, 1.807) is 13.0 Å². The number of phenols is 1. The summed E-state index contributed by atoms with van der Waals surface area (Å²) >= 11 is 0. The van der Waals surface area contributed by atoms with E-state index in [0.717, 1.165) is 0 Å². The zero-order valence-electron chi connectivity index (χ0n) is 11.1. The molecule has 2 N–H and O–H groups in total. The third-order valence-corrected chi connectivity index (χ3v) is 2.74. The lowest BCUT2D eigenvalue weighted by Crippen LogP contribution is -2.12. The third-order valence-electron chi connectivity index (χ3n) is 2.74. The van der Waals surface area contributed by atoms with Gasteiger partial charge in [0.05, 0.1) is 7.11 Å². The van der Waals surface area contributed by atoms with Crippen molar-refractivity contribution < 1.29 is 19.0 Å². The Bertz CT molecular complexity index is 635. The first-order valence-corrected chi connectivity index (χ1v) is 5.95. The molecule has 20 heavy (non-hydrogen) atoms. The minimum Gasteiger partial charge on any atom is -0.504 e. The lowest BCUT2D eigenvalue weighted by molar-refractivity contribution is 0.102. The molecule has 104 valence electrons. The molecule has 0 aliphatic heterocycles. The molecule has 0 bridgehead atoms. The van der Waals surface area contributed by atoms with Crippen LogP contribution in [0.5, 0.6) is 11.5 Å². The Kier molecular flexibility index (Phi) is 3.89. The average Bonchev–Trinajstić information content (AvgIpc) is 2.37. The number of benzene rings is 2. The van der Waals surface area contributed by atoms with Gasteiger partial charge in [-0.25, -0.2) is 4.39 Å². The highest BCUT2D eigenvalue weighted by molar-refractivity contribution is 6.04. The Morgan fingerprint density at radius 1 is 1.25 bits per heavy atom. The molecule has 0 heterocycles. The molecular weight excluding hydrogens is 261 g/mol. The number of methoxy groups -OCH3 is 1. The van der Waals surface area contributed by atoms with Crippen molar-refractivity contribution in [3.63, 3.8) is 0 Å². The van der Waals surface area contributed by atoms with Crippen LogP contribution in [0.4, 0.5) is 10.1 Å². The number of nitrogens with one attached hydrogen (secondary N) is 1. The van der Waals surface area contributed by atoms with Gasteiger partial charge in [-0.3, -0.25) is 4.79 Å².